The van der Waals surface area contributed by atoms with Crippen molar-refractivity contribution in [1.29, 1.82) is 0 Å². The molecule has 0 radical (unpaired) electrons. The monoisotopic (exact) mass is 306 g/mol. The molecule has 0 saturated heterocycles. The standard InChI is InChI=1S/C12H15ClO5S/c1-2-18-12(17)11(16)9-4-3-8(19-9)10(15)7(14)5-6-13/h3-4,7,10,14-15H,2,5-6H2,1H3. The minimum Gasteiger partial charge on any atom is -0.460 e. The zero-order chi connectivity index (χ0) is 14.4. The van der Waals surface area contributed by atoms with Crippen LogP contribution in [0.25, 0.3) is 0 Å². The van der Waals surface area contributed by atoms with Gasteiger partial charge in [-0.3, -0.25) is 4.79 Å². The van der Waals surface area contributed by atoms with E-state index in [9.17, 15) is 19.8 Å². The molecule has 1 aromatic heterocycles. The molecule has 106 valence electrons. The molecule has 19 heavy (non-hydrogen) atoms. The van der Waals surface area contributed by atoms with Gasteiger partial charge >= 0.3 is 5.97 Å². The van der Waals surface area contributed by atoms with Crippen molar-refractivity contribution in [1.82, 2.24) is 0 Å². The van der Waals surface area contributed by atoms with Gasteiger partial charge < -0.3 is 14.9 Å². The molecule has 1 rings (SSSR count). The minimum absolute atomic E-state index is 0.125. The Labute approximate surface area is 119 Å². The zero-order valence-corrected chi connectivity index (χ0v) is 11.9. The molecule has 0 amide bonds. The number of thiophene rings is 1. The van der Waals surface area contributed by atoms with Gasteiger partial charge in [-0.25, -0.2) is 4.79 Å². The number of halogens is 1. The fourth-order valence-corrected chi connectivity index (χ4v) is 2.59. The van der Waals surface area contributed by atoms with Crippen LogP contribution in [-0.4, -0.2) is 40.6 Å². The quantitative estimate of drug-likeness (QED) is 0.345. The van der Waals surface area contributed by atoms with E-state index in [2.05, 4.69) is 4.74 Å². The van der Waals surface area contributed by atoms with Gasteiger partial charge in [0.2, 0.25) is 0 Å². The first-order chi connectivity index (χ1) is 9.01. The van der Waals surface area contributed by atoms with Gasteiger partial charge in [0.15, 0.2) is 0 Å². The van der Waals surface area contributed by atoms with Crippen LogP contribution in [0.2, 0.25) is 0 Å². The number of rotatable bonds is 7. The molecular formula is C12H15ClO5S. The second-order valence-corrected chi connectivity index (χ2v) is 5.23. The Morgan fingerprint density at radius 2 is 2.11 bits per heavy atom. The van der Waals surface area contributed by atoms with E-state index in [1.54, 1.807) is 6.92 Å². The molecule has 0 aromatic carbocycles. The SMILES string of the molecule is CCOC(=O)C(=O)c1ccc(C(O)C(O)CCCl)s1. The van der Waals surface area contributed by atoms with Crippen LogP contribution in [0.5, 0.6) is 0 Å². The number of hydrogen-bond donors (Lipinski definition) is 2. The summed E-state index contributed by atoms with van der Waals surface area (Å²) in [6.07, 6.45) is -1.88. The molecule has 2 atom stereocenters. The maximum atomic E-state index is 11.6. The Morgan fingerprint density at radius 3 is 2.68 bits per heavy atom. The largest absolute Gasteiger partial charge is 0.460 e. The summed E-state index contributed by atoms with van der Waals surface area (Å²) < 4.78 is 4.60. The smallest absolute Gasteiger partial charge is 0.380 e. The predicted octanol–water partition coefficient (Wildman–Crippen LogP) is 1.52. The number of aliphatic hydroxyl groups excluding tert-OH is 2. The van der Waals surface area contributed by atoms with Gasteiger partial charge in [0.05, 0.1) is 17.6 Å². The lowest BCUT2D eigenvalue weighted by molar-refractivity contribution is -0.137. The summed E-state index contributed by atoms with van der Waals surface area (Å²) in [6, 6.07) is 2.93. The first-order valence-electron chi connectivity index (χ1n) is 5.74. The van der Waals surface area contributed by atoms with Crippen LogP contribution < -0.4 is 0 Å². The van der Waals surface area contributed by atoms with Gasteiger partial charge in [-0.15, -0.1) is 22.9 Å². The van der Waals surface area contributed by atoms with E-state index in [1.807, 2.05) is 0 Å². The van der Waals surface area contributed by atoms with Gasteiger partial charge in [-0.2, -0.15) is 0 Å². The molecule has 0 bridgehead atoms. The van der Waals surface area contributed by atoms with Crippen LogP contribution in [0.4, 0.5) is 0 Å². The average Bonchev–Trinajstić information content (AvgIpc) is 2.87. The predicted molar refractivity (Wildman–Crippen MR) is 71.6 cm³/mol. The molecule has 2 N–H and O–H groups in total. The summed E-state index contributed by atoms with van der Waals surface area (Å²) in [7, 11) is 0. The van der Waals surface area contributed by atoms with Crippen molar-refractivity contribution in [2.24, 2.45) is 0 Å². The Bertz CT molecular complexity index is 445. The van der Waals surface area contributed by atoms with E-state index in [1.165, 1.54) is 12.1 Å². The molecule has 1 aromatic rings. The van der Waals surface area contributed by atoms with Crippen LogP contribution in [0.1, 0.15) is 34.0 Å². The minimum atomic E-state index is -1.12. The van der Waals surface area contributed by atoms with Crippen LogP contribution in [0.3, 0.4) is 0 Å². The van der Waals surface area contributed by atoms with E-state index >= 15 is 0 Å². The highest BCUT2D eigenvalue weighted by molar-refractivity contribution is 7.14. The van der Waals surface area contributed by atoms with Crippen molar-refractivity contribution < 1.29 is 24.5 Å². The normalized spacial score (nSPS) is 13.9. The molecule has 1 heterocycles. The van der Waals surface area contributed by atoms with E-state index in [4.69, 9.17) is 11.6 Å². The van der Waals surface area contributed by atoms with Crippen LogP contribution in [0.15, 0.2) is 12.1 Å². The second kappa shape index (κ2) is 7.59. The molecule has 0 spiro atoms. The van der Waals surface area contributed by atoms with E-state index in [0.717, 1.165) is 11.3 Å². The molecule has 0 aliphatic carbocycles. The van der Waals surface area contributed by atoms with Crippen molar-refractivity contribution in [3.63, 3.8) is 0 Å². The number of carbonyl (C=O) groups is 2. The summed E-state index contributed by atoms with van der Waals surface area (Å²) in [5, 5.41) is 19.4. The Kier molecular flexibility index (Phi) is 6.44. The van der Waals surface area contributed by atoms with Gasteiger partial charge in [0, 0.05) is 10.8 Å². The van der Waals surface area contributed by atoms with Crippen molar-refractivity contribution in [2.75, 3.05) is 12.5 Å². The van der Waals surface area contributed by atoms with Crippen molar-refractivity contribution >= 4 is 34.7 Å². The molecular weight excluding hydrogens is 292 g/mol. The lowest BCUT2D eigenvalue weighted by Gasteiger charge is -2.14. The zero-order valence-electron chi connectivity index (χ0n) is 10.3. The number of alkyl halides is 1. The fraction of sp³-hybridized carbons (Fsp3) is 0.500. The number of esters is 1. The Hall–Kier alpha value is -0.950. The molecule has 2 unspecified atom stereocenters. The maximum Gasteiger partial charge on any atom is 0.380 e. The van der Waals surface area contributed by atoms with Gasteiger partial charge in [-0.05, 0) is 25.5 Å². The Balaban J connectivity index is 2.76. The third-order valence-corrected chi connectivity index (χ3v) is 3.75. The summed E-state index contributed by atoms with van der Waals surface area (Å²) in [4.78, 5) is 23.5. The highest BCUT2D eigenvalue weighted by Gasteiger charge is 2.24. The highest BCUT2D eigenvalue weighted by atomic mass is 35.5. The topological polar surface area (TPSA) is 83.8 Å². The van der Waals surface area contributed by atoms with E-state index < -0.39 is 24.0 Å². The fourth-order valence-electron chi connectivity index (χ4n) is 1.39. The molecule has 5 nitrogen and oxygen atoms in total. The molecule has 0 fully saturated rings. The van der Waals surface area contributed by atoms with E-state index in [-0.39, 0.29) is 23.8 Å². The third kappa shape index (κ3) is 4.28. The molecule has 0 aliphatic heterocycles. The van der Waals surface area contributed by atoms with E-state index in [0.29, 0.717) is 4.88 Å². The summed E-state index contributed by atoms with van der Waals surface area (Å²) in [5.74, 6) is -1.46. The van der Waals surface area contributed by atoms with Gasteiger partial charge in [0.1, 0.15) is 6.10 Å². The van der Waals surface area contributed by atoms with Gasteiger partial charge in [-0.1, -0.05) is 0 Å². The number of Topliss-reactive ketones (excluding diaryl/α,β-unsaturated/α-hetero) is 1. The summed E-state index contributed by atoms with van der Waals surface area (Å²) >= 11 is 6.43. The number of carbonyl (C=O) groups excluding carboxylic acids is 2. The first-order valence-corrected chi connectivity index (χ1v) is 7.09. The van der Waals surface area contributed by atoms with Crippen LogP contribution in [0, 0.1) is 0 Å². The number of ketones is 1. The van der Waals surface area contributed by atoms with Crippen LogP contribution >= 0.6 is 22.9 Å². The number of ether oxygens (including phenoxy) is 1. The van der Waals surface area contributed by atoms with Gasteiger partial charge in [0.25, 0.3) is 5.78 Å². The molecule has 7 heteroatoms. The summed E-state index contributed by atoms with van der Waals surface area (Å²) in [6.45, 7) is 1.73. The highest BCUT2D eigenvalue weighted by Crippen LogP contribution is 2.27. The average molecular weight is 307 g/mol. The van der Waals surface area contributed by atoms with Crippen molar-refractivity contribution in [3.8, 4) is 0 Å². The molecule has 0 saturated carbocycles. The van der Waals surface area contributed by atoms with Crippen LogP contribution in [-0.2, 0) is 9.53 Å². The second-order valence-electron chi connectivity index (χ2n) is 3.74. The number of hydrogen-bond acceptors (Lipinski definition) is 6. The first kappa shape index (κ1) is 16.1. The molecule has 0 aliphatic rings. The third-order valence-electron chi connectivity index (χ3n) is 2.37. The lowest BCUT2D eigenvalue weighted by atomic mass is 10.1. The lowest BCUT2D eigenvalue weighted by Crippen LogP contribution is -2.18. The maximum absolute atomic E-state index is 11.6. The summed E-state index contributed by atoms with van der Waals surface area (Å²) in [5.41, 5.74) is 0. The van der Waals surface area contributed by atoms with Crippen molar-refractivity contribution in [3.05, 3.63) is 21.9 Å². The van der Waals surface area contributed by atoms with Crippen molar-refractivity contribution in [2.45, 2.75) is 25.6 Å². The number of aliphatic hydroxyl groups is 2. The Morgan fingerprint density at radius 1 is 1.42 bits per heavy atom.